The molecule has 2 fully saturated rings. The molecule has 1 aromatic rings. The van der Waals surface area contributed by atoms with Gasteiger partial charge in [-0.25, -0.2) is 0 Å². The number of nitrogens with one attached hydrogen (secondary N) is 1. The van der Waals surface area contributed by atoms with E-state index in [0.717, 1.165) is 64.2 Å². The van der Waals surface area contributed by atoms with Crippen molar-refractivity contribution in [2.45, 2.75) is 76.6 Å². The molecule has 1 N–H and O–H groups in total. The molecule has 0 aromatic carbocycles. The van der Waals surface area contributed by atoms with Gasteiger partial charge in [0.05, 0.1) is 17.5 Å². The Balaban J connectivity index is 1.30. The van der Waals surface area contributed by atoms with Crippen molar-refractivity contribution in [2.24, 2.45) is 0 Å². The smallest absolute Gasteiger partial charge is 0.220 e. The number of aromatic nitrogens is 2. The van der Waals surface area contributed by atoms with Crippen molar-refractivity contribution in [3.8, 4) is 0 Å². The standard InChI is InChI=1S/C19H30N4O2/c24-19(20-15-5-6-15)8-7-16-12-17-13-22(9-3-10-23(17)21-16)14-18-4-1-2-11-25-18/h12,15,18H,1-11,13-14H2,(H,20,24)/t18-/m0/s1. The predicted octanol–water partition coefficient (Wildman–Crippen LogP) is 1.87. The summed E-state index contributed by atoms with van der Waals surface area (Å²) in [6.45, 7) is 4.99. The molecular formula is C19H30N4O2. The lowest BCUT2D eigenvalue weighted by Gasteiger charge is -2.28. The molecule has 138 valence electrons. The lowest BCUT2D eigenvalue weighted by Crippen LogP contribution is -2.35. The van der Waals surface area contributed by atoms with Gasteiger partial charge in [0, 0.05) is 51.7 Å². The number of nitrogens with zero attached hydrogens (tertiary/aromatic N) is 3. The van der Waals surface area contributed by atoms with Gasteiger partial charge in [0.15, 0.2) is 0 Å². The fraction of sp³-hybridized carbons (Fsp3) is 0.789. The predicted molar refractivity (Wildman–Crippen MR) is 95.2 cm³/mol. The van der Waals surface area contributed by atoms with Crippen molar-refractivity contribution in [1.29, 1.82) is 0 Å². The number of hydrogen-bond acceptors (Lipinski definition) is 4. The third-order valence-corrected chi connectivity index (χ3v) is 5.43. The molecule has 25 heavy (non-hydrogen) atoms. The topological polar surface area (TPSA) is 59.4 Å². The summed E-state index contributed by atoms with van der Waals surface area (Å²) >= 11 is 0. The van der Waals surface area contributed by atoms with E-state index in [0.29, 0.717) is 18.6 Å². The zero-order valence-electron chi connectivity index (χ0n) is 15.1. The minimum atomic E-state index is 0.168. The normalized spacial score (nSPS) is 24.6. The van der Waals surface area contributed by atoms with E-state index >= 15 is 0 Å². The first-order valence-electron chi connectivity index (χ1n) is 9.95. The van der Waals surface area contributed by atoms with Gasteiger partial charge in [-0.2, -0.15) is 5.10 Å². The Morgan fingerprint density at radius 2 is 2.16 bits per heavy atom. The Bertz CT molecular complexity index is 590. The maximum Gasteiger partial charge on any atom is 0.220 e. The lowest BCUT2D eigenvalue weighted by atomic mass is 10.1. The van der Waals surface area contributed by atoms with Gasteiger partial charge in [-0.05, 0) is 44.6 Å². The van der Waals surface area contributed by atoms with Gasteiger partial charge in [-0.3, -0.25) is 14.4 Å². The van der Waals surface area contributed by atoms with Crippen molar-refractivity contribution in [2.75, 3.05) is 19.7 Å². The molecule has 6 heteroatoms. The molecule has 1 amide bonds. The Labute approximate surface area is 149 Å². The third kappa shape index (κ3) is 4.82. The molecule has 1 atom stereocenters. The Morgan fingerprint density at radius 1 is 1.24 bits per heavy atom. The van der Waals surface area contributed by atoms with Crippen LogP contribution in [0.2, 0.25) is 0 Å². The molecule has 3 aliphatic rings. The lowest BCUT2D eigenvalue weighted by molar-refractivity contribution is -0.121. The summed E-state index contributed by atoms with van der Waals surface area (Å²) in [6, 6.07) is 2.64. The van der Waals surface area contributed by atoms with Gasteiger partial charge < -0.3 is 10.1 Å². The average Bonchev–Trinajstić information content (AvgIpc) is 3.37. The number of amides is 1. The molecule has 0 spiro atoms. The number of fused-ring (bicyclic) bond motifs is 1. The molecule has 3 heterocycles. The monoisotopic (exact) mass is 346 g/mol. The van der Waals surface area contributed by atoms with E-state index in [1.165, 1.54) is 25.0 Å². The summed E-state index contributed by atoms with van der Waals surface area (Å²) < 4.78 is 8.06. The van der Waals surface area contributed by atoms with Gasteiger partial charge in [0.2, 0.25) is 5.91 Å². The van der Waals surface area contributed by atoms with Crippen LogP contribution in [0.3, 0.4) is 0 Å². The van der Waals surface area contributed by atoms with E-state index in [4.69, 9.17) is 9.84 Å². The van der Waals surface area contributed by atoms with Gasteiger partial charge in [0.25, 0.3) is 0 Å². The first-order valence-corrected chi connectivity index (χ1v) is 9.95. The summed E-state index contributed by atoms with van der Waals surface area (Å²) in [4.78, 5) is 14.4. The zero-order chi connectivity index (χ0) is 17.1. The molecule has 2 aliphatic heterocycles. The van der Waals surface area contributed by atoms with Crippen molar-refractivity contribution >= 4 is 5.91 Å². The highest BCUT2D eigenvalue weighted by atomic mass is 16.5. The van der Waals surface area contributed by atoms with Crippen LogP contribution in [-0.2, 0) is 29.0 Å². The Kier molecular flexibility index (Phi) is 5.36. The van der Waals surface area contributed by atoms with E-state index in [1.54, 1.807) is 0 Å². The highest BCUT2D eigenvalue weighted by Gasteiger charge is 2.24. The summed E-state index contributed by atoms with van der Waals surface area (Å²) in [5, 5.41) is 7.79. The van der Waals surface area contributed by atoms with E-state index in [9.17, 15) is 4.79 Å². The van der Waals surface area contributed by atoms with Gasteiger partial charge in [-0.1, -0.05) is 0 Å². The highest BCUT2D eigenvalue weighted by Crippen LogP contribution is 2.20. The van der Waals surface area contributed by atoms with Gasteiger partial charge in [-0.15, -0.1) is 0 Å². The van der Waals surface area contributed by atoms with Crippen LogP contribution in [0.15, 0.2) is 6.07 Å². The second-order valence-electron chi connectivity index (χ2n) is 7.77. The molecular weight excluding hydrogens is 316 g/mol. The van der Waals surface area contributed by atoms with Crippen LogP contribution in [0.1, 0.15) is 56.3 Å². The van der Waals surface area contributed by atoms with Crippen molar-refractivity contribution in [3.63, 3.8) is 0 Å². The Hall–Kier alpha value is -1.40. The molecule has 4 rings (SSSR count). The van der Waals surface area contributed by atoms with Gasteiger partial charge in [0.1, 0.15) is 0 Å². The number of rotatable bonds is 6. The minimum Gasteiger partial charge on any atom is -0.377 e. The quantitative estimate of drug-likeness (QED) is 0.854. The molecule has 1 aliphatic carbocycles. The van der Waals surface area contributed by atoms with Crippen molar-refractivity contribution < 1.29 is 9.53 Å². The minimum absolute atomic E-state index is 0.168. The van der Waals surface area contributed by atoms with Crippen molar-refractivity contribution in [1.82, 2.24) is 20.0 Å². The van der Waals surface area contributed by atoms with Crippen LogP contribution in [0, 0.1) is 0 Å². The van der Waals surface area contributed by atoms with Crippen LogP contribution in [0.25, 0.3) is 0 Å². The van der Waals surface area contributed by atoms with Crippen LogP contribution in [0.4, 0.5) is 0 Å². The summed E-state index contributed by atoms with van der Waals surface area (Å²) in [5.74, 6) is 0.168. The number of hydrogen-bond donors (Lipinski definition) is 1. The maximum absolute atomic E-state index is 11.9. The fourth-order valence-electron chi connectivity index (χ4n) is 3.87. The van der Waals surface area contributed by atoms with Crippen LogP contribution < -0.4 is 5.32 Å². The molecule has 0 radical (unpaired) electrons. The summed E-state index contributed by atoms with van der Waals surface area (Å²) in [5.41, 5.74) is 2.34. The first-order chi connectivity index (χ1) is 12.3. The molecule has 0 bridgehead atoms. The highest BCUT2D eigenvalue weighted by molar-refractivity contribution is 5.76. The second-order valence-corrected chi connectivity index (χ2v) is 7.77. The first kappa shape index (κ1) is 17.0. The van der Waals surface area contributed by atoms with Crippen molar-refractivity contribution in [3.05, 3.63) is 17.5 Å². The Morgan fingerprint density at radius 3 is 2.96 bits per heavy atom. The average molecular weight is 346 g/mol. The van der Waals surface area contributed by atoms with Gasteiger partial charge >= 0.3 is 0 Å². The molecule has 0 unspecified atom stereocenters. The van der Waals surface area contributed by atoms with E-state index in [2.05, 4.69) is 21.0 Å². The van der Waals surface area contributed by atoms with E-state index in [-0.39, 0.29) is 5.91 Å². The molecule has 1 saturated heterocycles. The maximum atomic E-state index is 11.9. The second kappa shape index (κ2) is 7.87. The number of aryl methyl sites for hydroxylation is 2. The number of carbonyl (C=O) groups is 1. The molecule has 1 aromatic heterocycles. The number of ether oxygens (including phenoxy) is 1. The molecule has 1 saturated carbocycles. The van der Waals surface area contributed by atoms with Crippen LogP contribution >= 0.6 is 0 Å². The fourth-order valence-corrected chi connectivity index (χ4v) is 3.87. The largest absolute Gasteiger partial charge is 0.377 e. The van der Waals surface area contributed by atoms with E-state index in [1.807, 2.05) is 0 Å². The zero-order valence-corrected chi connectivity index (χ0v) is 15.1. The van der Waals surface area contributed by atoms with Crippen LogP contribution in [0.5, 0.6) is 0 Å². The third-order valence-electron chi connectivity index (χ3n) is 5.43. The van der Waals surface area contributed by atoms with E-state index < -0.39 is 0 Å². The SMILES string of the molecule is O=C(CCc1cc2n(n1)CCCN(C[C@@H]1CCCCO1)C2)NC1CC1. The molecule has 6 nitrogen and oxygen atoms in total. The summed E-state index contributed by atoms with van der Waals surface area (Å²) in [7, 11) is 0. The number of carbonyl (C=O) groups excluding carboxylic acids is 1. The van der Waals surface area contributed by atoms with Crippen LogP contribution in [-0.4, -0.2) is 52.4 Å². The summed E-state index contributed by atoms with van der Waals surface area (Å²) in [6.07, 6.45) is 8.80.